The highest BCUT2D eigenvalue weighted by molar-refractivity contribution is 6.32. The van der Waals surface area contributed by atoms with Gasteiger partial charge in [0.2, 0.25) is 11.7 Å². The number of rotatable bonds is 2. The summed E-state index contributed by atoms with van der Waals surface area (Å²) in [5.74, 6) is -0.400. The molecular weight excluding hydrogens is 294 g/mol. The zero-order chi connectivity index (χ0) is 13.3. The van der Waals surface area contributed by atoms with Gasteiger partial charge in [0.05, 0.1) is 11.1 Å². The first-order valence-corrected chi connectivity index (χ1v) is 5.45. The normalized spacial score (nSPS) is 11.8. The molecule has 2 aromatic heterocycles. The fourth-order valence-corrected chi connectivity index (χ4v) is 1.65. The molecule has 0 atom stereocenters. The number of aromatic nitrogens is 3. The molecule has 0 spiro atoms. The summed E-state index contributed by atoms with van der Waals surface area (Å²) in [7, 11) is 0. The summed E-state index contributed by atoms with van der Waals surface area (Å²) in [5, 5.41) is 3.04. The number of nitrogens with zero attached hydrogens (tertiary/aromatic N) is 3. The van der Waals surface area contributed by atoms with Gasteiger partial charge in [-0.15, -0.1) is 11.6 Å². The van der Waals surface area contributed by atoms with Crippen LogP contribution >= 0.6 is 23.2 Å². The van der Waals surface area contributed by atoms with Crippen LogP contribution in [0, 0.1) is 0 Å². The molecule has 4 nitrogen and oxygen atoms in total. The maximum absolute atomic E-state index is 12.8. The summed E-state index contributed by atoms with van der Waals surface area (Å²) in [6.45, 7) is 0. The average molecular weight is 298 g/mol. The molecular formula is C9H4Cl2F3N3O. The molecule has 0 aliphatic heterocycles. The van der Waals surface area contributed by atoms with Crippen LogP contribution in [0.5, 0.6) is 0 Å². The molecule has 0 amide bonds. The fourth-order valence-electron chi connectivity index (χ4n) is 1.30. The predicted octanol–water partition coefficient (Wildman–Crippen LogP) is 3.54. The second kappa shape index (κ2) is 4.74. The van der Waals surface area contributed by atoms with Gasteiger partial charge in [-0.05, 0) is 6.07 Å². The van der Waals surface area contributed by atoms with Gasteiger partial charge in [0.1, 0.15) is 11.0 Å². The summed E-state index contributed by atoms with van der Waals surface area (Å²) in [6, 6.07) is 0.790. The summed E-state index contributed by atoms with van der Waals surface area (Å²) in [4.78, 5) is 7.28. The Morgan fingerprint density at radius 1 is 1.33 bits per heavy atom. The van der Waals surface area contributed by atoms with E-state index in [1.165, 1.54) is 0 Å². The monoisotopic (exact) mass is 297 g/mol. The quantitative estimate of drug-likeness (QED) is 0.628. The Morgan fingerprint density at radius 3 is 2.61 bits per heavy atom. The third-order valence-electron chi connectivity index (χ3n) is 2.02. The molecule has 0 aliphatic rings. The number of alkyl halides is 4. The molecule has 0 saturated carbocycles. The second-order valence-electron chi connectivity index (χ2n) is 3.17. The molecule has 2 aromatic rings. The van der Waals surface area contributed by atoms with Crippen LogP contribution < -0.4 is 0 Å². The smallest absolute Gasteiger partial charge is 0.338 e. The summed E-state index contributed by atoms with van der Waals surface area (Å²) in [5.41, 5.74) is -1.41. The fraction of sp³-hybridized carbons (Fsp3) is 0.222. The van der Waals surface area contributed by atoms with Gasteiger partial charge >= 0.3 is 6.18 Å². The van der Waals surface area contributed by atoms with Crippen molar-refractivity contribution >= 4 is 23.2 Å². The van der Waals surface area contributed by atoms with Crippen molar-refractivity contribution in [3.63, 3.8) is 0 Å². The number of pyridine rings is 1. The first kappa shape index (κ1) is 13.1. The van der Waals surface area contributed by atoms with E-state index in [0.717, 1.165) is 12.3 Å². The largest absolute Gasteiger partial charge is 0.417 e. The van der Waals surface area contributed by atoms with E-state index >= 15 is 0 Å². The van der Waals surface area contributed by atoms with Crippen LogP contribution in [-0.4, -0.2) is 15.1 Å². The van der Waals surface area contributed by atoms with Crippen LogP contribution in [0.4, 0.5) is 13.2 Å². The molecule has 2 heterocycles. The Morgan fingerprint density at radius 2 is 2.06 bits per heavy atom. The number of hydrogen-bond donors (Lipinski definition) is 0. The van der Waals surface area contributed by atoms with E-state index in [4.69, 9.17) is 23.2 Å². The zero-order valence-electron chi connectivity index (χ0n) is 8.50. The van der Waals surface area contributed by atoms with E-state index in [1.807, 2.05) is 0 Å². The lowest BCUT2D eigenvalue weighted by Gasteiger charge is -2.10. The zero-order valence-corrected chi connectivity index (χ0v) is 10.0. The van der Waals surface area contributed by atoms with Crippen molar-refractivity contribution in [3.05, 3.63) is 28.9 Å². The maximum Gasteiger partial charge on any atom is 0.417 e. The lowest BCUT2D eigenvalue weighted by molar-refractivity contribution is -0.137. The standard InChI is InChI=1S/C9H4Cl2F3N3O/c10-3-5-16-8(17-18-5)6-4(9(12,13)14)1-2-15-7(6)11/h1-2H,3H2. The van der Waals surface area contributed by atoms with Gasteiger partial charge in [0, 0.05) is 6.20 Å². The Labute approximate surface area is 109 Å². The van der Waals surface area contributed by atoms with Crippen molar-refractivity contribution in [2.75, 3.05) is 0 Å². The van der Waals surface area contributed by atoms with Crippen molar-refractivity contribution in [1.29, 1.82) is 0 Å². The third-order valence-corrected chi connectivity index (χ3v) is 2.53. The SMILES string of the molecule is FC(F)(F)c1ccnc(Cl)c1-c1noc(CCl)n1. The maximum atomic E-state index is 12.8. The first-order chi connectivity index (χ1) is 8.43. The summed E-state index contributed by atoms with van der Waals surface area (Å²) in [6.07, 6.45) is -3.64. The van der Waals surface area contributed by atoms with Crippen LogP contribution in [0.1, 0.15) is 11.5 Å². The lowest BCUT2D eigenvalue weighted by Crippen LogP contribution is -2.08. The van der Waals surface area contributed by atoms with E-state index in [0.29, 0.717) is 0 Å². The van der Waals surface area contributed by atoms with Crippen LogP contribution in [-0.2, 0) is 12.1 Å². The molecule has 0 aliphatic carbocycles. The van der Waals surface area contributed by atoms with Gasteiger partial charge in [-0.25, -0.2) is 4.98 Å². The van der Waals surface area contributed by atoms with Crippen LogP contribution in [0.2, 0.25) is 5.15 Å². The van der Waals surface area contributed by atoms with Crippen molar-refractivity contribution in [1.82, 2.24) is 15.1 Å². The van der Waals surface area contributed by atoms with E-state index < -0.39 is 17.3 Å². The molecule has 9 heteroatoms. The van der Waals surface area contributed by atoms with Gasteiger partial charge in [-0.3, -0.25) is 0 Å². The van der Waals surface area contributed by atoms with Crippen molar-refractivity contribution in [2.24, 2.45) is 0 Å². The summed E-state index contributed by atoms with van der Waals surface area (Å²) < 4.78 is 43.1. The Bertz CT molecular complexity index is 570. The van der Waals surface area contributed by atoms with Gasteiger partial charge in [0.15, 0.2) is 0 Å². The molecule has 0 fully saturated rings. The molecule has 2 rings (SSSR count). The molecule has 18 heavy (non-hydrogen) atoms. The highest BCUT2D eigenvalue weighted by Gasteiger charge is 2.36. The molecule has 0 radical (unpaired) electrons. The Balaban J connectivity index is 2.62. The molecule has 0 saturated heterocycles. The second-order valence-corrected chi connectivity index (χ2v) is 3.79. The van der Waals surface area contributed by atoms with Crippen molar-refractivity contribution < 1.29 is 17.7 Å². The summed E-state index contributed by atoms with van der Waals surface area (Å²) >= 11 is 11.1. The van der Waals surface area contributed by atoms with E-state index in [-0.39, 0.29) is 22.7 Å². The van der Waals surface area contributed by atoms with Crippen molar-refractivity contribution in [2.45, 2.75) is 12.1 Å². The lowest BCUT2D eigenvalue weighted by atomic mass is 10.1. The number of halogens is 5. The average Bonchev–Trinajstić information content (AvgIpc) is 2.75. The highest BCUT2D eigenvalue weighted by Crippen LogP contribution is 2.38. The van der Waals surface area contributed by atoms with Crippen LogP contribution in [0.15, 0.2) is 16.8 Å². The molecule has 0 aromatic carbocycles. The van der Waals surface area contributed by atoms with Gasteiger partial charge in [-0.2, -0.15) is 18.2 Å². The van der Waals surface area contributed by atoms with Crippen molar-refractivity contribution in [3.8, 4) is 11.4 Å². The minimum atomic E-state index is -4.59. The minimum absolute atomic E-state index is 0.000268. The van der Waals surface area contributed by atoms with E-state index in [1.54, 1.807) is 0 Å². The van der Waals surface area contributed by atoms with Gasteiger partial charge in [0.25, 0.3) is 0 Å². The van der Waals surface area contributed by atoms with Crippen LogP contribution in [0.3, 0.4) is 0 Å². The Hall–Kier alpha value is -1.34. The van der Waals surface area contributed by atoms with Gasteiger partial charge in [-0.1, -0.05) is 16.8 Å². The molecule has 0 unspecified atom stereocenters. The Kier molecular flexibility index (Phi) is 3.45. The van der Waals surface area contributed by atoms with E-state index in [2.05, 4.69) is 19.6 Å². The molecule has 0 bridgehead atoms. The minimum Gasteiger partial charge on any atom is -0.338 e. The molecule has 96 valence electrons. The van der Waals surface area contributed by atoms with Gasteiger partial charge < -0.3 is 4.52 Å². The predicted molar refractivity (Wildman–Crippen MR) is 57.1 cm³/mol. The number of hydrogen-bond acceptors (Lipinski definition) is 4. The third kappa shape index (κ3) is 2.41. The van der Waals surface area contributed by atoms with E-state index in [9.17, 15) is 13.2 Å². The molecule has 0 N–H and O–H groups in total. The first-order valence-electron chi connectivity index (χ1n) is 4.54. The highest BCUT2D eigenvalue weighted by atomic mass is 35.5. The topological polar surface area (TPSA) is 51.8 Å². The van der Waals surface area contributed by atoms with Crippen LogP contribution in [0.25, 0.3) is 11.4 Å².